The summed E-state index contributed by atoms with van der Waals surface area (Å²) in [5.74, 6) is 1.29. The van der Waals surface area contributed by atoms with Gasteiger partial charge in [0.15, 0.2) is 6.10 Å². The second kappa shape index (κ2) is 4.20. The van der Waals surface area contributed by atoms with E-state index >= 15 is 0 Å². The second-order valence-electron chi connectivity index (χ2n) is 6.69. The normalized spacial score (nSPS) is 47.2. The minimum Gasteiger partial charge on any atom is -0.479 e. The third kappa shape index (κ3) is 1.69. The second-order valence-corrected chi connectivity index (χ2v) is 6.69. The number of hydrogen-bond acceptors (Lipinski definition) is 3. The summed E-state index contributed by atoms with van der Waals surface area (Å²) in [6.07, 6.45) is 3.90. The number of aliphatic hydroxyl groups excluding tert-OH is 1. The molecule has 4 fully saturated rings. The third-order valence-corrected chi connectivity index (χ3v) is 5.69. The highest BCUT2D eigenvalue weighted by Gasteiger charge is 2.59. The lowest BCUT2D eigenvalue weighted by Crippen LogP contribution is -2.57. The average Bonchev–Trinajstić information content (AvgIpc) is 2.32. The maximum Gasteiger partial charge on any atom is 0.333 e. The van der Waals surface area contributed by atoms with Gasteiger partial charge in [0, 0.05) is 19.1 Å². The molecule has 4 nitrogen and oxygen atoms in total. The minimum atomic E-state index is -1.17. The Morgan fingerprint density at radius 2 is 1.94 bits per heavy atom. The van der Waals surface area contributed by atoms with Crippen molar-refractivity contribution in [3.05, 3.63) is 0 Å². The molecular formula is C14H22O4. The summed E-state index contributed by atoms with van der Waals surface area (Å²) in [6, 6.07) is 0. The van der Waals surface area contributed by atoms with E-state index in [0.29, 0.717) is 23.7 Å². The van der Waals surface area contributed by atoms with Gasteiger partial charge in [0.05, 0.1) is 0 Å². The van der Waals surface area contributed by atoms with Crippen molar-refractivity contribution in [1.82, 2.24) is 0 Å². The third-order valence-electron chi connectivity index (χ3n) is 5.69. The Kier molecular flexibility index (Phi) is 2.90. The first kappa shape index (κ1) is 12.4. The molecule has 4 rings (SSSR count). The topological polar surface area (TPSA) is 66.8 Å². The van der Waals surface area contributed by atoms with E-state index in [1.165, 1.54) is 12.8 Å². The molecule has 4 heteroatoms. The lowest BCUT2D eigenvalue weighted by atomic mass is 9.45. The molecule has 0 aromatic rings. The van der Waals surface area contributed by atoms with Crippen LogP contribution >= 0.6 is 0 Å². The molecule has 102 valence electrons. The van der Waals surface area contributed by atoms with Crippen LogP contribution in [-0.2, 0) is 9.53 Å². The van der Waals surface area contributed by atoms with E-state index in [-0.39, 0.29) is 5.41 Å². The van der Waals surface area contributed by atoms with Crippen molar-refractivity contribution in [3.8, 4) is 0 Å². The van der Waals surface area contributed by atoms with Crippen LogP contribution in [0.1, 0.15) is 32.1 Å². The lowest BCUT2D eigenvalue weighted by Gasteiger charge is -2.60. The van der Waals surface area contributed by atoms with E-state index < -0.39 is 12.1 Å². The van der Waals surface area contributed by atoms with Gasteiger partial charge in [-0.2, -0.15) is 0 Å². The molecule has 3 unspecified atom stereocenters. The van der Waals surface area contributed by atoms with Crippen molar-refractivity contribution in [1.29, 1.82) is 0 Å². The first-order chi connectivity index (χ1) is 8.55. The van der Waals surface area contributed by atoms with Gasteiger partial charge in [0.25, 0.3) is 0 Å². The fraction of sp³-hybridized carbons (Fsp3) is 0.929. The molecule has 2 N–H and O–H groups in total. The number of ether oxygens (including phenoxy) is 1. The molecule has 18 heavy (non-hydrogen) atoms. The summed E-state index contributed by atoms with van der Waals surface area (Å²) in [5, 5.41) is 19.2. The monoisotopic (exact) mass is 254 g/mol. The Balaban J connectivity index is 1.84. The number of carboxylic acid groups (broad SMARTS) is 1. The first-order valence-electron chi connectivity index (χ1n) is 6.95. The average molecular weight is 254 g/mol. The zero-order valence-electron chi connectivity index (χ0n) is 10.8. The van der Waals surface area contributed by atoms with Crippen molar-refractivity contribution < 1.29 is 19.7 Å². The highest BCUT2D eigenvalue weighted by Crippen LogP contribution is 2.63. The van der Waals surface area contributed by atoms with E-state index in [0.717, 1.165) is 25.9 Å². The van der Waals surface area contributed by atoms with Crippen LogP contribution in [-0.4, -0.2) is 36.0 Å². The Morgan fingerprint density at radius 1 is 1.33 bits per heavy atom. The van der Waals surface area contributed by atoms with Gasteiger partial charge < -0.3 is 14.9 Å². The smallest absolute Gasteiger partial charge is 0.333 e. The molecule has 0 heterocycles. The van der Waals surface area contributed by atoms with E-state index in [2.05, 4.69) is 0 Å². The van der Waals surface area contributed by atoms with Gasteiger partial charge in [-0.3, -0.25) is 0 Å². The Morgan fingerprint density at radius 3 is 2.44 bits per heavy atom. The van der Waals surface area contributed by atoms with Crippen LogP contribution in [0.25, 0.3) is 0 Å². The quantitative estimate of drug-likeness (QED) is 0.798. The van der Waals surface area contributed by atoms with Crippen LogP contribution in [0, 0.1) is 29.1 Å². The van der Waals surface area contributed by atoms with Crippen LogP contribution in [0.15, 0.2) is 0 Å². The summed E-state index contributed by atoms with van der Waals surface area (Å²) in [4.78, 5) is 11.1. The number of methoxy groups -OCH3 is 1. The molecule has 3 atom stereocenters. The summed E-state index contributed by atoms with van der Waals surface area (Å²) < 4.78 is 5.33. The van der Waals surface area contributed by atoms with Gasteiger partial charge in [0.2, 0.25) is 0 Å². The summed E-state index contributed by atoms with van der Waals surface area (Å²) in [5.41, 5.74) is -0.341. The van der Waals surface area contributed by atoms with Crippen LogP contribution in [0.4, 0.5) is 0 Å². The summed E-state index contributed by atoms with van der Waals surface area (Å²) >= 11 is 0. The number of hydrogen-bond donors (Lipinski definition) is 2. The number of carbonyl (C=O) groups is 1. The molecule has 0 radical (unpaired) electrons. The Bertz CT molecular complexity index is 338. The van der Waals surface area contributed by atoms with Crippen LogP contribution in [0.2, 0.25) is 0 Å². The van der Waals surface area contributed by atoms with Gasteiger partial charge in [0.1, 0.15) is 0 Å². The van der Waals surface area contributed by atoms with Crippen molar-refractivity contribution in [3.63, 3.8) is 0 Å². The SMILES string of the molecule is COCC1C2CC3CC1CC(C(O)C(=O)O)(C3)C2. The fourth-order valence-corrected chi connectivity index (χ4v) is 5.25. The maximum absolute atomic E-state index is 11.1. The van der Waals surface area contributed by atoms with Crippen molar-refractivity contribution in [2.45, 2.75) is 38.2 Å². The molecule has 0 amide bonds. The first-order valence-corrected chi connectivity index (χ1v) is 6.95. The molecule has 4 aliphatic carbocycles. The number of rotatable bonds is 4. The predicted molar refractivity (Wildman–Crippen MR) is 65.0 cm³/mol. The number of carboxylic acids is 1. The summed E-state index contributed by atoms with van der Waals surface area (Å²) in [6.45, 7) is 0.793. The molecule has 4 aliphatic rings. The number of aliphatic hydroxyl groups is 1. The lowest BCUT2D eigenvalue weighted by molar-refractivity contribution is -0.182. The highest BCUT2D eigenvalue weighted by molar-refractivity contribution is 5.73. The molecule has 4 saturated carbocycles. The number of aliphatic carboxylic acids is 1. The van der Waals surface area contributed by atoms with E-state index in [9.17, 15) is 9.90 Å². The predicted octanol–water partition coefficient (Wildman–Crippen LogP) is 1.52. The molecule has 0 aromatic heterocycles. The zero-order chi connectivity index (χ0) is 12.9. The fourth-order valence-electron chi connectivity index (χ4n) is 5.25. The van der Waals surface area contributed by atoms with Crippen LogP contribution < -0.4 is 0 Å². The molecule has 0 saturated heterocycles. The van der Waals surface area contributed by atoms with Gasteiger partial charge in [-0.05, 0) is 55.8 Å². The Hall–Kier alpha value is -0.610. The summed E-state index contributed by atoms with van der Waals surface area (Å²) in [7, 11) is 1.74. The van der Waals surface area contributed by atoms with E-state index in [1.807, 2.05) is 0 Å². The Labute approximate surface area is 107 Å². The highest BCUT2D eigenvalue weighted by atomic mass is 16.5. The molecule has 0 aromatic carbocycles. The standard InChI is InChI=1S/C14H22O4/c1-18-7-11-9-2-8-3-10(11)6-14(4-8,5-9)12(15)13(16)17/h8-12,15H,2-7H2,1H3,(H,16,17). The van der Waals surface area contributed by atoms with Gasteiger partial charge in [-0.15, -0.1) is 0 Å². The van der Waals surface area contributed by atoms with Crippen molar-refractivity contribution in [2.24, 2.45) is 29.1 Å². The molecule has 0 spiro atoms. The van der Waals surface area contributed by atoms with Gasteiger partial charge in [-0.1, -0.05) is 0 Å². The molecular weight excluding hydrogens is 232 g/mol. The van der Waals surface area contributed by atoms with E-state index in [4.69, 9.17) is 9.84 Å². The van der Waals surface area contributed by atoms with Crippen molar-refractivity contribution >= 4 is 5.97 Å². The largest absolute Gasteiger partial charge is 0.479 e. The van der Waals surface area contributed by atoms with Gasteiger partial charge in [-0.25, -0.2) is 4.79 Å². The van der Waals surface area contributed by atoms with Gasteiger partial charge >= 0.3 is 5.97 Å². The molecule has 4 bridgehead atoms. The van der Waals surface area contributed by atoms with Crippen LogP contribution in [0.3, 0.4) is 0 Å². The molecule has 0 aliphatic heterocycles. The van der Waals surface area contributed by atoms with Crippen LogP contribution in [0.5, 0.6) is 0 Å². The zero-order valence-corrected chi connectivity index (χ0v) is 10.8. The van der Waals surface area contributed by atoms with Crippen molar-refractivity contribution in [2.75, 3.05) is 13.7 Å². The minimum absolute atomic E-state index is 0.341. The maximum atomic E-state index is 11.1. The van der Waals surface area contributed by atoms with E-state index in [1.54, 1.807) is 7.11 Å².